The summed E-state index contributed by atoms with van der Waals surface area (Å²) in [6.45, 7) is 4.64. The van der Waals surface area contributed by atoms with Gasteiger partial charge in [-0.15, -0.1) is 0 Å². The second kappa shape index (κ2) is 3.25. The van der Waals surface area contributed by atoms with Gasteiger partial charge in [0.05, 0.1) is 6.61 Å². The Labute approximate surface area is 72.7 Å². The quantitative estimate of drug-likeness (QED) is 0.660. The van der Waals surface area contributed by atoms with Gasteiger partial charge >= 0.3 is 0 Å². The number of hydrogen-bond acceptors (Lipinski definition) is 2. The molecular formula is C10H13NO. The number of benzene rings is 1. The second-order valence-electron chi connectivity index (χ2n) is 2.98. The monoisotopic (exact) mass is 163 g/mol. The number of hydroxylamine groups is 2. The van der Waals surface area contributed by atoms with E-state index in [-0.39, 0.29) is 0 Å². The van der Waals surface area contributed by atoms with Crippen molar-refractivity contribution >= 4 is 0 Å². The van der Waals surface area contributed by atoms with Gasteiger partial charge < -0.3 is 0 Å². The molecule has 0 fully saturated rings. The number of hydrogen-bond donors (Lipinski definition) is 0. The molecule has 0 N–H and O–H groups in total. The molecule has 12 heavy (non-hydrogen) atoms. The molecule has 0 amide bonds. The van der Waals surface area contributed by atoms with E-state index in [0.29, 0.717) is 0 Å². The second-order valence-corrected chi connectivity index (χ2v) is 2.98. The average molecular weight is 163 g/mol. The Morgan fingerprint density at radius 2 is 1.83 bits per heavy atom. The molecule has 0 aromatic heterocycles. The summed E-state index contributed by atoms with van der Waals surface area (Å²) in [4.78, 5) is 5.42. The molecule has 1 aromatic carbocycles. The molecule has 0 spiro atoms. The van der Waals surface area contributed by atoms with Crippen molar-refractivity contribution in [2.24, 2.45) is 0 Å². The highest BCUT2D eigenvalue weighted by molar-refractivity contribution is 5.29. The molecule has 1 heterocycles. The van der Waals surface area contributed by atoms with E-state index in [0.717, 1.165) is 19.7 Å². The van der Waals surface area contributed by atoms with Crippen LogP contribution < -0.4 is 0 Å². The van der Waals surface area contributed by atoms with Crippen molar-refractivity contribution in [2.45, 2.75) is 20.0 Å². The zero-order valence-corrected chi connectivity index (χ0v) is 7.29. The Hall–Kier alpha value is -0.860. The highest BCUT2D eigenvalue weighted by Crippen LogP contribution is 2.21. The van der Waals surface area contributed by atoms with Gasteiger partial charge in [-0.1, -0.05) is 24.3 Å². The predicted molar refractivity (Wildman–Crippen MR) is 47.3 cm³/mol. The maximum atomic E-state index is 5.42. The van der Waals surface area contributed by atoms with E-state index in [4.69, 9.17) is 4.84 Å². The van der Waals surface area contributed by atoms with Crippen LogP contribution >= 0.6 is 0 Å². The van der Waals surface area contributed by atoms with E-state index in [9.17, 15) is 0 Å². The fourth-order valence-corrected chi connectivity index (χ4v) is 1.58. The molecule has 2 nitrogen and oxygen atoms in total. The summed E-state index contributed by atoms with van der Waals surface area (Å²) in [6, 6.07) is 8.48. The van der Waals surface area contributed by atoms with Gasteiger partial charge in [0, 0.05) is 13.1 Å². The first kappa shape index (κ1) is 7.77. The van der Waals surface area contributed by atoms with Crippen LogP contribution in [-0.2, 0) is 17.9 Å². The van der Waals surface area contributed by atoms with Crippen molar-refractivity contribution in [3.8, 4) is 0 Å². The number of fused-ring (bicyclic) bond motifs is 1. The van der Waals surface area contributed by atoms with Crippen LogP contribution in [0.2, 0.25) is 0 Å². The van der Waals surface area contributed by atoms with Gasteiger partial charge in [-0.25, -0.2) is 0 Å². The average Bonchev–Trinajstić information content (AvgIpc) is 2.47. The maximum Gasteiger partial charge on any atom is 0.0657 e. The van der Waals surface area contributed by atoms with E-state index >= 15 is 0 Å². The molecule has 0 saturated carbocycles. The first-order chi connectivity index (χ1) is 5.90. The lowest BCUT2D eigenvalue weighted by molar-refractivity contribution is -0.161. The third-order valence-electron chi connectivity index (χ3n) is 2.12. The molecule has 0 aliphatic carbocycles. The Balaban J connectivity index is 2.11. The van der Waals surface area contributed by atoms with E-state index in [1.165, 1.54) is 11.1 Å². The van der Waals surface area contributed by atoms with Gasteiger partial charge in [0.15, 0.2) is 0 Å². The first-order valence-electron chi connectivity index (χ1n) is 4.35. The third-order valence-corrected chi connectivity index (χ3v) is 2.12. The van der Waals surface area contributed by atoms with Gasteiger partial charge in [0.1, 0.15) is 0 Å². The van der Waals surface area contributed by atoms with Crippen LogP contribution in [0.15, 0.2) is 24.3 Å². The number of rotatable bonds is 2. The van der Waals surface area contributed by atoms with Gasteiger partial charge in [-0.3, -0.25) is 4.84 Å². The van der Waals surface area contributed by atoms with Crippen molar-refractivity contribution in [2.75, 3.05) is 6.61 Å². The molecule has 1 aliphatic heterocycles. The van der Waals surface area contributed by atoms with Crippen molar-refractivity contribution in [1.82, 2.24) is 5.06 Å². The lowest BCUT2D eigenvalue weighted by Gasteiger charge is -2.12. The van der Waals surface area contributed by atoms with Crippen molar-refractivity contribution in [3.05, 3.63) is 35.4 Å². The minimum Gasteiger partial charge on any atom is -0.299 e. The molecule has 2 rings (SSSR count). The van der Waals surface area contributed by atoms with Gasteiger partial charge in [0.2, 0.25) is 0 Å². The summed E-state index contributed by atoms with van der Waals surface area (Å²) < 4.78 is 0. The Kier molecular flexibility index (Phi) is 2.11. The topological polar surface area (TPSA) is 12.5 Å². The van der Waals surface area contributed by atoms with Crippen molar-refractivity contribution < 1.29 is 4.84 Å². The highest BCUT2D eigenvalue weighted by atomic mass is 16.7. The van der Waals surface area contributed by atoms with Crippen LogP contribution in [0.25, 0.3) is 0 Å². The fraction of sp³-hybridized carbons (Fsp3) is 0.400. The molecule has 1 aromatic rings. The Morgan fingerprint density at radius 3 is 2.33 bits per heavy atom. The lowest BCUT2D eigenvalue weighted by atomic mass is 10.1. The van der Waals surface area contributed by atoms with E-state index in [2.05, 4.69) is 24.3 Å². The smallest absolute Gasteiger partial charge is 0.0657 e. The first-order valence-corrected chi connectivity index (χ1v) is 4.35. The summed E-state index contributed by atoms with van der Waals surface area (Å²) in [7, 11) is 0. The van der Waals surface area contributed by atoms with Crippen LogP contribution in [0.1, 0.15) is 18.1 Å². The van der Waals surface area contributed by atoms with Crippen LogP contribution in [0, 0.1) is 0 Å². The molecule has 2 heteroatoms. The van der Waals surface area contributed by atoms with Crippen LogP contribution in [0.4, 0.5) is 0 Å². The minimum atomic E-state index is 0.758. The maximum absolute atomic E-state index is 5.42. The summed E-state index contributed by atoms with van der Waals surface area (Å²) >= 11 is 0. The summed E-state index contributed by atoms with van der Waals surface area (Å²) in [5.41, 5.74) is 2.79. The molecular weight excluding hydrogens is 150 g/mol. The third kappa shape index (κ3) is 1.36. The Morgan fingerprint density at radius 1 is 1.25 bits per heavy atom. The molecule has 1 aliphatic rings. The zero-order valence-electron chi connectivity index (χ0n) is 7.29. The van der Waals surface area contributed by atoms with E-state index in [1.54, 1.807) is 0 Å². The van der Waals surface area contributed by atoms with Crippen LogP contribution in [0.5, 0.6) is 0 Å². The summed E-state index contributed by atoms with van der Waals surface area (Å²) in [5, 5.41) is 2.00. The Bertz CT molecular complexity index is 247. The SMILES string of the molecule is CCON1Cc2ccccc2C1. The van der Waals surface area contributed by atoms with Gasteiger partial charge in [0.25, 0.3) is 0 Å². The minimum absolute atomic E-state index is 0.758. The van der Waals surface area contributed by atoms with Crippen molar-refractivity contribution in [1.29, 1.82) is 0 Å². The van der Waals surface area contributed by atoms with Crippen molar-refractivity contribution in [3.63, 3.8) is 0 Å². The predicted octanol–water partition coefficient (Wildman–Crippen LogP) is 1.95. The summed E-state index contributed by atoms with van der Waals surface area (Å²) in [5.74, 6) is 0. The lowest BCUT2D eigenvalue weighted by Crippen LogP contribution is -2.16. The normalized spacial score (nSPS) is 16.4. The number of nitrogens with zero attached hydrogens (tertiary/aromatic N) is 1. The summed E-state index contributed by atoms with van der Waals surface area (Å²) in [6.07, 6.45) is 0. The van der Waals surface area contributed by atoms with Gasteiger partial charge in [-0.2, -0.15) is 5.06 Å². The highest BCUT2D eigenvalue weighted by Gasteiger charge is 2.17. The van der Waals surface area contributed by atoms with E-state index in [1.807, 2.05) is 12.0 Å². The van der Waals surface area contributed by atoms with Crippen LogP contribution in [-0.4, -0.2) is 11.7 Å². The van der Waals surface area contributed by atoms with Crippen LogP contribution in [0.3, 0.4) is 0 Å². The molecule has 0 atom stereocenters. The molecule has 64 valence electrons. The largest absolute Gasteiger partial charge is 0.299 e. The fourth-order valence-electron chi connectivity index (χ4n) is 1.58. The standard InChI is InChI=1S/C10H13NO/c1-2-12-11-7-9-5-3-4-6-10(9)8-11/h3-6H,2,7-8H2,1H3. The van der Waals surface area contributed by atoms with E-state index < -0.39 is 0 Å². The van der Waals surface area contributed by atoms with Gasteiger partial charge in [-0.05, 0) is 18.1 Å². The molecule has 0 unspecified atom stereocenters. The zero-order chi connectivity index (χ0) is 8.39. The molecule has 0 saturated heterocycles. The molecule has 0 bridgehead atoms. The molecule has 0 radical (unpaired) electrons.